The molecule has 0 aliphatic heterocycles. The average molecular weight is 393 g/mol. The van der Waals surface area contributed by atoms with Crippen molar-refractivity contribution >= 4 is 43.2 Å². The zero-order valence-corrected chi connectivity index (χ0v) is 13.4. The smallest absolute Gasteiger partial charge is 0.268 e. The molecule has 0 unspecified atom stereocenters. The molecule has 0 aromatic carbocycles. The molecule has 0 atom stereocenters. The Hall–Kier alpha value is -0.240. The number of thiophene rings is 1. The normalized spacial score (nSPS) is 18.4. The minimum Gasteiger partial charge on any atom is -0.333 e. The Balaban J connectivity index is 1.94. The van der Waals surface area contributed by atoms with Gasteiger partial charge in [0.2, 0.25) is 0 Å². The molecule has 3 rings (SSSR count). The van der Waals surface area contributed by atoms with Crippen molar-refractivity contribution in [3.05, 3.63) is 20.1 Å². The molecule has 0 saturated heterocycles. The first-order chi connectivity index (χ1) is 8.58. The summed E-state index contributed by atoms with van der Waals surface area (Å²) in [5.41, 5.74) is 5.91. The molecule has 2 N–H and O–H groups in total. The second-order valence-electron chi connectivity index (χ2n) is 4.52. The maximum atomic E-state index is 6.31. The van der Waals surface area contributed by atoms with Gasteiger partial charge < -0.3 is 10.3 Å². The number of aromatic nitrogens is 2. The summed E-state index contributed by atoms with van der Waals surface area (Å²) in [4.78, 5) is 5.39. The highest BCUT2D eigenvalue weighted by atomic mass is 79.9. The Morgan fingerprint density at radius 1 is 1.33 bits per heavy atom. The first-order valence-corrected chi connectivity index (χ1v) is 8.07. The van der Waals surface area contributed by atoms with Crippen molar-refractivity contribution in [3.8, 4) is 10.8 Å². The monoisotopic (exact) mass is 391 g/mol. The topological polar surface area (TPSA) is 64.9 Å². The van der Waals surface area contributed by atoms with Crippen molar-refractivity contribution in [1.82, 2.24) is 10.1 Å². The largest absolute Gasteiger partial charge is 0.333 e. The summed E-state index contributed by atoms with van der Waals surface area (Å²) in [6.07, 6.45) is 4.14. The maximum absolute atomic E-state index is 6.31. The SMILES string of the molecule is NC1(c2noc(-c3cc(Br)c(Br)s3)n2)CCCC1. The number of halogens is 2. The molecule has 2 heterocycles. The lowest BCUT2D eigenvalue weighted by Gasteiger charge is -2.17. The van der Waals surface area contributed by atoms with Crippen LogP contribution in [0, 0.1) is 0 Å². The first kappa shape index (κ1) is 12.8. The second-order valence-corrected chi connectivity index (χ2v) is 7.74. The summed E-state index contributed by atoms with van der Waals surface area (Å²) in [5, 5.41) is 4.05. The first-order valence-electron chi connectivity index (χ1n) is 5.67. The fourth-order valence-electron chi connectivity index (χ4n) is 2.21. The molecule has 96 valence electrons. The fraction of sp³-hybridized carbons (Fsp3) is 0.455. The van der Waals surface area contributed by atoms with Gasteiger partial charge in [0.1, 0.15) is 0 Å². The van der Waals surface area contributed by atoms with Gasteiger partial charge in [-0.15, -0.1) is 11.3 Å². The van der Waals surface area contributed by atoms with Gasteiger partial charge in [0.15, 0.2) is 5.82 Å². The highest BCUT2D eigenvalue weighted by Crippen LogP contribution is 2.39. The van der Waals surface area contributed by atoms with E-state index in [9.17, 15) is 0 Å². The van der Waals surface area contributed by atoms with Crippen LogP contribution in [0.15, 0.2) is 18.8 Å². The lowest BCUT2D eigenvalue weighted by Crippen LogP contribution is -2.34. The minimum absolute atomic E-state index is 0.395. The van der Waals surface area contributed by atoms with E-state index < -0.39 is 5.54 Å². The molecule has 18 heavy (non-hydrogen) atoms. The molecule has 0 radical (unpaired) electrons. The third-order valence-electron chi connectivity index (χ3n) is 3.22. The number of rotatable bonds is 2. The summed E-state index contributed by atoms with van der Waals surface area (Å²) in [7, 11) is 0. The standard InChI is InChI=1S/C11H11Br2N3OS/c12-6-5-7(18-8(6)13)9-15-10(16-17-9)11(14)3-1-2-4-11/h5H,1-4,14H2. The summed E-state index contributed by atoms with van der Waals surface area (Å²) >= 11 is 8.46. The molecule has 0 bridgehead atoms. The highest BCUT2D eigenvalue weighted by molar-refractivity contribution is 9.13. The van der Waals surface area contributed by atoms with Crippen LogP contribution in [-0.4, -0.2) is 10.1 Å². The van der Waals surface area contributed by atoms with Gasteiger partial charge in [0.05, 0.1) is 14.2 Å². The number of hydrogen-bond acceptors (Lipinski definition) is 5. The average Bonchev–Trinajstić information content (AvgIpc) is 3.01. The summed E-state index contributed by atoms with van der Waals surface area (Å²) in [6, 6.07) is 1.96. The third-order valence-corrected chi connectivity index (χ3v) is 6.47. The van der Waals surface area contributed by atoms with Crippen molar-refractivity contribution in [2.24, 2.45) is 5.73 Å². The molecular formula is C11H11Br2N3OS. The van der Waals surface area contributed by atoms with Crippen LogP contribution in [0.4, 0.5) is 0 Å². The van der Waals surface area contributed by atoms with Crippen molar-refractivity contribution in [2.45, 2.75) is 31.2 Å². The van der Waals surface area contributed by atoms with E-state index >= 15 is 0 Å². The van der Waals surface area contributed by atoms with E-state index in [1.165, 1.54) is 0 Å². The molecule has 4 nitrogen and oxygen atoms in total. The van der Waals surface area contributed by atoms with Crippen LogP contribution < -0.4 is 5.73 Å². The van der Waals surface area contributed by atoms with Crippen LogP contribution in [0.3, 0.4) is 0 Å². The van der Waals surface area contributed by atoms with Crippen LogP contribution in [0.25, 0.3) is 10.8 Å². The van der Waals surface area contributed by atoms with Gasteiger partial charge in [-0.05, 0) is 50.8 Å². The quantitative estimate of drug-likeness (QED) is 0.837. The van der Waals surface area contributed by atoms with Gasteiger partial charge in [0.25, 0.3) is 5.89 Å². The highest BCUT2D eigenvalue weighted by Gasteiger charge is 2.36. The third kappa shape index (κ3) is 2.17. The molecule has 2 aromatic heterocycles. The van der Waals surface area contributed by atoms with Gasteiger partial charge in [-0.3, -0.25) is 0 Å². The molecule has 1 fully saturated rings. The predicted molar refractivity (Wildman–Crippen MR) is 77.3 cm³/mol. The molecule has 1 aliphatic carbocycles. The van der Waals surface area contributed by atoms with Crippen LogP contribution in [0.2, 0.25) is 0 Å². The van der Waals surface area contributed by atoms with Crippen LogP contribution in [0.5, 0.6) is 0 Å². The van der Waals surface area contributed by atoms with Crippen molar-refractivity contribution in [3.63, 3.8) is 0 Å². The molecule has 2 aromatic rings. The maximum Gasteiger partial charge on any atom is 0.268 e. The zero-order valence-electron chi connectivity index (χ0n) is 9.45. The number of nitrogens with two attached hydrogens (primary N) is 1. The van der Waals surface area contributed by atoms with E-state index in [1.54, 1.807) is 11.3 Å². The second kappa shape index (κ2) is 4.70. The lowest BCUT2D eigenvalue weighted by atomic mass is 9.99. The van der Waals surface area contributed by atoms with E-state index in [0.29, 0.717) is 11.7 Å². The van der Waals surface area contributed by atoms with Gasteiger partial charge in [0, 0.05) is 4.47 Å². The number of hydrogen-bond donors (Lipinski definition) is 1. The van der Waals surface area contributed by atoms with Gasteiger partial charge >= 0.3 is 0 Å². The Morgan fingerprint density at radius 2 is 2.06 bits per heavy atom. The summed E-state index contributed by atoms with van der Waals surface area (Å²) in [5.74, 6) is 1.17. The van der Waals surface area contributed by atoms with Gasteiger partial charge in [-0.2, -0.15) is 4.98 Å². The molecular weight excluding hydrogens is 382 g/mol. The van der Waals surface area contributed by atoms with Crippen LogP contribution >= 0.6 is 43.2 Å². The molecule has 7 heteroatoms. The van der Waals surface area contributed by atoms with Crippen LogP contribution in [-0.2, 0) is 5.54 Å². The summed E-state index contributed by atoms with van der Waals surface area (Å²) < 4.78 is 7.33. The van der Waals surface area contributed by atoms with Crippen molar-refractivity contribution < 1.29 is 4.52 Å². The Bertz CT molecular complexity index is 555. The van der Waals surface area contributed by atoms with Crippen LogP contribution in [0.1, 0.15) is 31.5 Å². The number of nitrogens with zero attached hydrogens (tertiary/aromatic N) is 2. The van der Waals surface area contributed by atoms with Crippen molar-refractivity contribution in [2.75, 3.05) is 0 Å². The fourth-order valence-corrected chi connectivity index (χ4v) is 4.16. The molecule has 0 amide bonds. The molecule has 1 aliphatic rings. The molecule has 1 saturated carbocycles. The van der Waals surface area contributed by atoms with Gasteiger partial charge in [-0.1, -0.05) is 18.0 Å². The van der Waals surface area contributed by atoms with Gasteiger partial charge in [-0.25, -0.2) is 0 Å². The van der Waals surface area contributed by atoms with E-state index in [0.717, 1.165) is 38.8 Å². The Labute approximate surface area is 125 Å². The van der Waals surface area contributed by atoms with E-state index in [4.69, 9.17) is 10.3 Å². The predicted octanol–water partition coefficient (Wildman–Crippen LogP) is 4.05. The molecule has 0 spiro atoms. The van der Waals surface area contributed by atoms with E-state index in [2.05, 4.69) is 42.0 Å². The summed E-state index contributed by atoms with van der Waals surface area (Å²) in [6.45, 7) is 0. The Kier molecular flexibility index (Phi) is 3.34. The minimum atomic E-state index is -0.395. The van der Waals surface area contributed by atoms with E-state index in [-0.39, 0.29) is 0 Å². The zero-order chi connectivity index (χ0) is 12.8. The Morgan fingerprint density at radius 3 is 2.67 bits per heavy atom. The van der Waals surface area contributed by atoms with Crippen molar-refractivity contribution in [1.29, 1.82) is 0 Å². The lowest BCUT2D eigenvalue weighted by molar-refractivity contribution is 0.373. The van der Waals surface area contributed by atoms with E-state index in [1.807, 2.05) is 6.07 Å².